The van der Waals surface area contributed by atoms with E-state index in [4.69, 9.17) is 25.2 Å². The molecule has 1 aromatic rings. The third-order valence-electron chi connectivity index (χ3n) is 3.81. The minimum absolute atomic E-state index is 0.235. The van der Waals surface area contributed by atoms with Crippen LogP contribution in [0.3, 0.4) is 0 Å². The summed E-state index contributed by atoms with van der Waals surface area (Å²) in [4.78, 5) is 50.4. The van der Waals surface area contributed by atoms with Gasteiger partial charge in [0.25, 0.3) is 0 Å². The van der Waals surface area contributed by atoms with Crippen LogP contribution in [0.2, 0.25) is 0 Å². The zero-order valence-corrected chi connectivity index (χ0v) is 17.9. The van der Waals surface area contributed by atoms with E-state index in [-0.39, 0.29) is 4.57 Å². The van der Waals surface area contributed by atoms with Crippen LogP contribution in [0.4, 0.5) is 14.6 Å². The van der Waals surface area contributed by atoms with Crippen LogP contribution in [0.5, 0.6) is 0 Å². The molecule has 6 atom stereocenters. The molecule has 1 aromatic heterocycles. The van der Waals surface area contributed by atoms with Crippen molar-refractivity contribution >= 4 is 29.3 Å². The van der Waals surface area contributed by atoms with Gasteiger partial charge in [0.05, 0.1) is 12.8 Å². The SMILES string of the molecule is Nc1nc(=O)n([C@@H]2O[C@H](COP(=O)(O)OP(=O)(O)OP(=O)(O)O)C(O)[C@]2(O)CF)cc1F. The van der Waals surface area contributed by atoms with Gasteiger partial charge in [0.2, 0.25) is 0 Å². The number of ether oxygens (including phenoxy) is 1. The van der Waals surface area contributed by atoms with Gasteiger partial charge in [0, 0.05) is 0 Å². The first-order chi connectivity index (χ1) is 14.4. The zero-order valence-electron chi connectivity index (χ0n) is 15.2. The van der Waals surface area contributed by atoms with Crippen molar-refractivity contribution < 1.29 is 70.1 Å². The van der Waals surface area contributed by atoms with Gasteiger partial charge >= 0.3 is 29.2 Å². The van der Waals surface area contributed by atoms with E-state index in [1.54, 1.807) is 0 Å². The number of hydrogen-bond donors (Lipinski definition) is 7. The van der Waals surface area contributed by atoms with Crippen molar-refractivity contribution in [3.05, 3.63) is 22.5 Å². The van der Waals surface area contributed by atoms with Gasteiger partial charge < -0.3 is 40.3 Å². The first-order valence-electron chi connectivity index (χ1n) is 7.85. The Balaban J connectivity index is 2.21. The Morgan fingerprint density at radius 1 is 1.22 bits per heavy atom. The number of halogens is 2. The number of nitrogens with two attached hydrogens (primary N) is 1. The molecule has 184 valence electrons. The number of phosphoric ester groups is 1. The minimum atomic E-state index is -5.84. The highest BCUT2D eigenvalue weighted by Crippen LogP contribution is 2.66. The molecule has 1 fully saturated rings. The second-order valence-electron chi connectivity index (χ2n) is 6.15. The van der Waals surface area contributed by atoms with Gasteiger partial charge in [0.1, 0.15) is 18.9 Å². The average molecular weight is 533 g/mol. The molecule has 1 aliphatic rings. The predicted octanol–water partition coefficient (Wildman–Crippen LogP) is -1.73. The van der Waals surface area contributed by atoms with Crippen LogP contribution in [0, 0.1) is 5.82 Å². The van der Waals surface area contributed by atoms with E-state index in [2.05, 4.69) is 18.1 Å². The maximum absolute atomic E-state index is 13.7. The summed E-state index contributed by atoms with van der Waals surface area (Å²) in [6, 6.07) is 0. The van der Waals surface area contributed by atoms with Crippen LogP contribution < -0.4 is 11.4 Å². The molecular weight excluding hydrogens is 517 g/mol. The van der Waals surface area contributed by atoms with E-state index < -0.39 is 78.1 Å². The van der Waals surface area contributed by atoms with Crippen molar-refractivity contribution in [2.45, 2.75) is 24.0 Å². The lowest BCUT2D eigenvalue weighted by atomic mass is 9.95. The van der Waals surface area contributed by atoms with Gasteiger partial charge in [-0.25, -0.2) is 27.3 Å². The highest BCUT2D eigenvalue weighted by atomic mass is 31.3. The average Bonchev–Trinajstić information content (AvgIpc) is 2.85. The summed E-state index contributed by atoms with van der Waals surface area (Å²) < 4.78 is 77.2. The summed E-state index contributed by atoms with van der Waals surface area (Å²) in [6.07, 6.45) is -5.99. The fourth-order valence-corrected chi connectivity index (χ4v) is 5.53. The Morgan fingerprint density at radius 3 is 2.34 bits per heavy atom. The quantitative estimate of drug-likeness (QED) is 0.174. The molecule has 0 bridgehead atoms. The van der Waals surface area contributed by atoms with Crippen LogP contribution >= 0.6 is 23.5 Å². The highest BCUT2D eigenvalue weighted by molar-refractivity contribution is 7.66. The van der Waals surface area contributed by atoms with E-state index in [0.717, 1.165) is 0 Å². The largest absolute Gasteiger partial charge is 0.490 e. The van der Waals surface area contributed by atoms with Gasteiger partial charge in [-0.15, -0.1) is 0 Å². The number of alkyl halides is 1. The molecule has 0 radical (unpaired) electrons. The summed E-state index contributed by atoms with van der Waals surface area (Å²) in [6.45, 7) is -3.08. The van der Waals surface area contributed by atoms with Crippen LogP contribution in [0.1, 0.15) is 6.23 Å². The maximum Gasteiger partial charge on any atom is 0.490 e. The van der Waals surface area contributed by atoms with E-state index in [9.17, 15) is 42.4 Å². The second-order valence-corrected chi connectivity index (χ2v) is 10.6. The Labute approximate surface area is 175 Å². The molecule has 0 amide bonds. The lowest BCUT2D eigenvalue weighted by molar-refractivity contribution is -0.121. The number of aliphatic hydroxyl groups is 2. The number of aromatic nitrogens is 2. The molecule has 0 spiro atoms. The summed E-state index contributed by atoms with van der Waals surface area (Å²) >= 11 is 0. The molecule has 2 rings (SSSR count). The standard InChI is InChI=1S/C10H16F2N3O14P3/c11-3-10(18)6(16)5(27-8(10)15-1-4(12)7(13)14-9(15)17)2-26-31(22,23)29-32(24,25)28-30(19,20)21/h1,5-6,8,16,18H,2-3H2,(H,22,23)(H,24,25)(H2,13,14,17)(H2,19,20,21)/t5-,6?,8-,10-/m1/s1. The van der Waals surface area contributed by atoms with Crippen LogP contribution in [0.15, 0.2) is 11.0 Å². The number of anilines is 1. The number of nitrogen functional groups attached to an aromatic ring is 1. The molecule has 3 unspecified atom stereocenters. The molecular formula is C10H16F2N3O14P3. The first-order valence-corrected chi connectivity index (χ1v) is 12.4. The fraction of sp³-hybridized carbons (Fsp3) is 0.600. The van der Waals surface area contributed by atoms with Crippen LogP contribution in [-0.4, -0.2) is 70.4 Å². The van der Waals surface area contributed by atoms with E-state index in [0.29, 0.717) is 6.20 Å². The maximum atomic E-state index is 13.7. The van der Waals surface area contributed by atoms with Gasteiger partial charge in [-0.05, 0) is 0 Å². The summed E-state index contributed by atoms with van der Waals surface area (Å²) in [5.41, 5.74) is 0.842. The summed E-state index contributed by atoms with van der Waals surface area (Å²) in [5, 5.41) is 20.5. The van der Waals surface area contributed by atoms with Crippen LogP contribution in [-0.2, 0) is 31.6 Å². The van der Waals surface area contributed by atoms with Gasteiger partial charge in [0.15, 0.2) is 23.5 Å². The molecule has 0 aromatic carbocycles. The van der Waals surface area contributed by atoms with Crippen LogP contribution in [0.25, 0.3) is 0 Å². The molecule has 0 saturated carbocycles. The van der Waals surface area contributed by atoms with Crippen molar-refractivity contribution in [2.24, 2.45) is 0 Å². The monoisotopic (exact) mass is 533 g/mol. The van der Waals surface area contributed by atoms with Crippen molar-refractivity contribution in [1.82, 2.24) is 9.55 Å². The second kappa shape index (κ2) is 9.23. The molecule has 2 heterocycles. The number of phosphoric acid groups is 3. The Hall–Kier alpha value is -1.17. The van der Waals surface area contributed by atoms with E-state index in [1.807, 2.05) is 0 Å². The smallest absolute Gasteiger partial charge is 0.387 e. The number of rotatable bonds is 9. The number of aliphatic hydroxyl groups excluding tert-OH is 1. The Morgan fingerprint density at radius 2 is 1.81 bits per heavy atom. The van der Waals surface area contributed by atoms with E-state index in [1.165, 1.54) is 0 Å². The zero-order chi connectivity index (χ0) is 24.7. The Kier molecular flexibility index (Phi) is 7.81. The normalized spacial score (nSPS) is 30.1. The molecule has 22 heteroatoms. The topological polar surface area (TPSA) is 270 Å². The van der Waals surface area contributed by atoms with E-state index >= 15 is 0 Å². The van der Waals surface area contributed by atoms with Gasteiger partial charge in [-0.2, -0.15) is 13.6 Å². The fourth-order valence-electron chi connectivity index (χ4n) is 2.50. The molecule has 1 saturated heterocycles. The lowest BCUT2D eigenvalue weighted by Gasteiger charge is -2.28. The molecule has 0 aliphatic carbocycles. The van der Waals surface area contributed by atoms with Crippen molar-refractivity contribution in [1.29, 1.82) is 0 Å². The van der Waals surface area contributed by atoms with Gasteiger partial charge in [-0.1, -0.05) is 0 Å². The summed E-state index contributed by atoms with van der Waals surface area (Å²) in [5.74, 6) is -2.11. The third-order valence-corrected chi connectivity index (χ3v) is 7.62. The predicted molar refractivity (Wildman–Crippen MR) is 93.5 cm³/mol. The third kappa shape index (κ3) is 6.24. The number of nitrogens with zero attached hydrogens (tertiary/aromatic N) is 2. The minimum Gasteiger partial charge on any atom is -0.387 e. The molecule has 32 heavy (non-hydrogen) atoms. The highest BCUT2D eigenvalue weighted by Gasteiger charge is 2.57. The van der Waals surface area contributed by atoms with Crippen molar-refractivity contribution in [3.8, 4) is 0 Å². The first kappa shape index (κ1) is 27.1. The molecule has 8 N–H and O–H groups in total. The molecule has 1 aliphatic heterocycles. The lowest BCUT2D eigenvalue weighted by Crippen LogP contribution is -2.50. The van der Waals surface area contributed by atoms with Crippen molar-refractivity contribution in [2.75, 3.05) is 19.0 Å². The summed E-state index contributed by atoms with van der Waals surface area (Å²) in [7, 11) is -17.1. The Bertz CT molecular complexity index is 1060. The molecule has 17 nitrogen and oxygen atoms in total. The number of hydrogen-bond acceptors (Lipinski definition) is 12. The van der Waals surface area contributed by atoms with Gasteiger partial charge in [-0.3, -0.25) is 9.09 Å². The van der Waals surface area contributed by atoms with Crippen molar-refractivity contribution in [3.63, 3.8) is 0 Å².